The van der Waals surface area contributed by atoms with E-state index in [2.05, 4.69) is 36.8 Å². The Hall–Kier alpha value is -3.57. The monoisotopic (exact) mass is 531 g/mol. The van der Waals surface area contributed by atoms with E-state index in [-0.39, 0.29) is 22.9 Å². The number of hydrogen-bond donors (Lipinski definition) is 3. The molecule has 6 rings (SSSR count). The van der Waals surface area contributed by atoms with E-state index in [9.17, 15) is 9.59 Å². The van der Waals surface area contributed by atoms with Gasteiger partial charge in [-0.1, -0.05) is 12.8 Å². The average Bonchev–Trinajstić information content (AvgIpc) is 3.48. The van der Waals surface area contributed by atoms with Gasteiger partial charge in [-0.2, -0.15) is 4.98 Å². The van der Waals surface area contributed by atoms with E-state index in [0.717, 1.165) is 94.8 Å². The number of fused-ring (bicyclic) bond motifs is 1. The van der Waals surface area contributed by atoms with Crippen LogP contribution in [0.3, 0.4) is 0 Å². The molecule has 0 amide bonds. The van der Waals surface area contributed by atoms with Crippen molar-refractivity contribution >= 4 is 40.0 Å². The lowest BCUT2D eigenvalue weighted by molar-refractivity contribution is 0.101. The zero-order valence-electron chi connectivity index (χ0n) is 22.8. The van der Waals surface area contributed by atoms with Crippen molar-refractivity contribution in [1.82, 2.24) is 30.2 Å². The molecule has 0 bridgehead atoms. The van der Waals surface area contributed by atoms with Gasteiger partial charge in [0.25, 0.3) is 5.56 Å². The third kappa shape index (κ3) is 4.96. The molecule has 11 heteroatoms. The van der Waals surface area contributed by atoms with Gasteiger partial charge in [0, 0.05) is 70.0 Å². The van der Waals surface area contributed by atoms with Crippen LogP contribution >= 0.6 is 0 Å². The van der Waals surface area contributed by atoms with Gasteiger partial charge >= 0.3 is 0 Å². The molecule has 39 heavy (non-hydrogen) atoms. The van der Waals surface area contributed by atoms with Crippen LogP contribution in [0.5, 0.6) is 0 Å². The van der Waals surface area contributed by atoms with Gasteiger partial charge in [-0.15, -0.1) is 0 Å². The molecule has 3 fully saturated rings. The standard InChI is InChI=1S/C28H37N9O2/c1-18-22-17-32-28(34-26(22)37(20-5-3-4-6-20)27(39)24(18)19(2)38)33-25-23(36-13-9-30-10-14-36)15-21(16-31-25)35-11-7-29-8-12-35/h15-17,20,29-30H,3-14H2,1-2H3,(H,31,32,33,34). The SMILES string of the molecule is CC(=O)c1c(C)c2cnc(Nc3ncc(N4CCNCC4)cc3N3CCNCC3)nc2n(C2CCCC2)c1=O. The maximum atomic E-state index is 13.6. The van der Waals surface area contributed by atoms with Crippen LogP contribution in [0.15, 0.2) is 23.3 Å². The normalized spacial score (nSPS) is 18.6. The largest absolute Gasteiger partial charge is 0.368 e. The summed E-state index contributed by atoms with van der Waals surface area (Å²) >= 11 is 0. The summed E-state index contributed by atoms with van der Waals surface area (Å²) in [7, 11) is 0. The first-order chi connectivity index (χ1) is 19.0. The first-order valence-electron chi connectivity index (χ1n) is 14.1. The molecule has 1 aliphatic carbocycles. The minimum Gasteiger partial charge on any atom is -0.368 e. The molecule has 0 radical (unpaired) electrons. The fraction of sp³-hybridized carbons (Fsp3) is 0.536. The number of carbonyl (C=O) groups is 1. The Bertz CT molecular complexity index is 1440. The molecule has 3 aromatic rings. The molecule has 3 N–H and O–H groups in total. The Balaban J connectivity index is 1.42. The van der Waals surface area contributed by atoms with Crippen molar-refractivity contribution < 1.29 is 4.79 Å². The third-order valence-electron chi connectivity index (χ3n) is 8.27. The second kappa shape index (κ2) is 10.9. The minimum atomic E-state index is -0.246. The molecule has 5 heterocycles. The van der Waals surface area contributed by atoms with E-state index >= 15 is 0 Å². The fourth-order valence-electron chi connectivity index (χ4n) is 6.20. The Morgan fingerprint density at radius 2 is 1.64 bits per heavy atom. The van der Waals surface area contributed by atoms with Crippen LogP contribution in [0.2, 0.25) is 0 Å². The quantitative estimate of drug-likeness (QED) is 0.409. The van der Waals surface area contributed by atoms with Gasteiger partial charge in [0.2, 0.25) is 5.95 Å². The van der Waals surface area contributed by atoms with E-state index in [4.69, 9.17) is 9.97 Å². The van der Waals surface area contributed by atoms with Crippen molar-refractivity contribution in [2.45, 2.75) is 45.6 Å². The average molecular weight is 532 g/mol. The molecule has 206 valence electrons. The number of aromatic nitrogens is 4. The Labute approximate surface area is 228 Å². The Morgan fingerprint density at radius 1 is 0.974 bits per heavy atom. The number of hydrogen-bond acceptors (Lipinski definition) is 10. The van der Waals surface area contributed by atoms with Gasteiger partial charge in [0.05, 0.1) is 23.1 Å². The van der Waals surface area contributed by atoms with Crippen molar-refractivity contribution in [2.75, 3.05) is 67.5 Å². The summed E-state index contributed by atoms with van der Waals surface area (Å²) in [5, 5.41) is 11.0. The smallest absolute Gasteiger partial charge is 0.263 e. The number of anilines is 4. The molecule has 3 aliphatic rings. The number of carbonyl (C=O) groups excluding carboxylic acids is 1. The Kier molecular flexibility index (Phi) is 7.18. The first-order valence-corrected chi connectivity index (χ1v) is 14.1. The summed E-state index contributed by atoms with van der Waals surface area (Å²) in [6.07, 6.45) is 7.59. The lowest BCUT2D eigenvalue weighted by atomic mass is 10.0. The van der Waals surface area contributed by atoms with Gasteiger partial charge in [-0.3, -0.25) is 14.2 Å². The first kappa shape index (κ1) is 25.7. The molecule has 3 aromatic heterocycles. The van der Waals surface area contributed by atoms with Crippen molar-refractivity contribution in [3.8, 4) is 0 Å². The van der Waals surface area contributed by atoms with Crippen LogP contribution < -0.4 is 31.3 Å². The molecular weight excluding hydrogens is 494 g/mol. The van der Waals surface area contributed by atoms with Crippen LogP contribution in [-0.4, -0.2) is 77.7 Å². The molecule has 0 atom stereocenters. The summed E-state index contributed by atoms with van der Waals surface area (Å²) in [6.45, 7) is 10.7. The van der Waals surface area contributed by atoms with E-state index in [1.807, 2.05) is 13.1 Å². The van der Waals surface area contributed by atoms with Crippen LogP contribution in [0.25, 0.3) is 11.0 Å². The highest BCUT2D eigenvalue weighted by molar-refractivity contribution is 5.99. The van der Waals surface area contributed by atoms with E-state index in [1.165, 1.54) is 6.92 Å². The fourth-order valence-corrected chi connectivity index (χ4v) is 6.20. The van der Waals surface area contributed by atoms with Crippen molar-refractivity contribution in [1.29, 1.82) is 0 Å². The highest BCUT2D eigenvalue weighted by Crippen LogP contribution is 2.34. The molecule has 0 aromatic carbocycles. The van der Waals surface area contributed by atoms with Crippen molar-refractivity contribution in [3.05, 3.63) is 39.9 Å². The summed E-state index contributed by atoms with van der Waals surface area (Å²) < 4.78 is 1.75. The molecular formula is C28H37N9O2. The molecule has 11 nitrogen and oxygen atoms in total. The minimum absolute atomic E-state index is 0.0364. The predicted molar refractivity (Wildman–Crippen MR) is 154 cm³/mol. The summed E-state index contributed by atoms with van der Waals surface area (Å²) in [5.74, 6) is 0.868. The van der Waals surface area contributed by atoms with Crippen LogP contribution in [0, 0.1) is 6.92 Å². The van der Waals surface area contributed by atoms with Gasteiger partial charge in [0.15, 0.2) is 11.6 Å². The number of nitrogens with one attached hydrogen (secondary N) is 3. The predicted octanol–water partition coefficient (Wildman–Crippen LogP) is 2.38. The van der Waals surface area contributed by atoms with Crippen molar-refractivity contribution in [2.24, 2.45) is 0 Å². The van der Waals surface area contributed by atoms with Crippen LogP contribution in [0.1, 0.15) is 54.6 Å². The zero-order valence-corrected chi connectivity index (χ0v) is 22.8. The second-order valence-electron chi connectivity index (χ2n) is 10.8. The number of ketones is 1. The summed E-state index contributed by atoms with van der Waals surface area (Å²) in [4.78, 5) is 45.1. The Morgan fingerprint density at radius 3 is 2.31 bits per heavy atom. The van der Waals surface area contributed by atoms with E-state index in [1.54, 1.807) is 10.8 Å². The number of piperazine rings is 2. The van der Waals surface area contributed by atoms with Gasteiger partial charge in [-0.25, -0.2) is 9.97 Å². The second-order valence-corrected chi connectivity index (χ2v) is 10.8. The van der Waals surface area contributed by atoms with Crippen LogP contribution in [-0.2, 0) is 0 Å². The van der Waals surface area contributed by atoms with Gasteiger partial charge in [-0.05, 0) is 38.3 Å². The summed E-state index contributed by atoms with van der Waals surface area (Å²) in [6, 6.07) is 2.25. The maximum Gasteiger partial charge on any atom is 0.263 e. The topological polar surface area (TPSA) is 120 Å². The number of aryl methyl sites for hydroxylation is 1. The molecule has 0 spiro atoms. The molecule has 2 saturated heterocycles. The lowest BCUT2D eigenvalue weighted by Gasteiger charge is -2.33. The van der Waals surface area contributed by atoms with E-state index in [0.29, 0.717) is 23.0 Å². The molecule has 0 unspecified atom stereocenters. The lowest BCUT2D eigenvalue weighted by Crippen LogP contribution is -2.45. The zero-order chi connectivity index (χ0) is 26.9. The summed E-state index contributed by atoms with van der Waals surface area (Å²) in [5.41, 5.74) is 3.34. The maximum absolute atomic E-state index is 13.6. The number of nitrogens with zero attached hydrogens (tertiary/aromatic N) is 6. The number of rotatable bonds is 6. The molecule has 1 saturated carbocycles. The molecule has 2 aliphatic heterocycles. The van der Waals surface area contributed by atoms with Gasteiger partial charge in [0.1, 0.15) is 5.65 Å². The van der Waals surface area contributed by atoms with Gasteiger partial charge < -0.3 is 25.8 Å². The highest BCUT2D eigenvalue weighted by atomic mass is 16.1. The van der Waals surface area contributed by atoms with Crippen LogP contribution in [0.4, 0.5) is 23.1 Å². The number of Topliss-reactive ketones (excluding diaryl/α,β-unsaturated/α-hetero) is 1. The van der Waals surface area contributed by atoms with Crippen molar-refractivity contribution in [3.63, 3.8) is 0 Å². The van der Waals surface area contributed by atoms with E-state index < -0.39 is 0 Å². The number of pyridine rings is 2. The third-order valence-corrected chi connectivity index (χ3v) is 8.27. The highest BCUT2D eigenvalue weighted by Gasteiger charge is 2.26.